The Kier molecular flexibility index (Phi) is 4.49. The number of hydrogen-bond donors (Lipinski definition) is 3. The minimum absolute atomic E-state index is 0.0455. The summed E-state index contributed by atoms with van der Waals surface area (Å²) in [5.41, 5.74) is 0.0455. The lowest BCUT2D eigenvalue weighted by Crippen LogP contribution is -2.35. The number of carbonyl (C=O) groups excluding carboxylic acids is 1. The van der Waals surface area contributed by atoms with E-state index < -0.39 is 36.7 Å². The van der Waals surface area contributed by atoms with Gasteiger partial charge in [-0.3, -0.25) is 4.79 Å². The molecule has 1 aromatic carbocycles. The molecule has 0 aromatic heterocycles. The zero-order valence-corrected chi connectivity index (χ0v) is 9.01. The highest BCUT2D eigenvalue weighted by Crippen LogP contribution is 2.19. The molecular formula is C10H10F4N2O2. The summed E-state index contributed by atoms with van der Waals surface area (Å²) in [4.78, 5) is 11.2. The summed E-state index contributed by atoms with van der Waals surface area (Å²) in [5, 5.41) is 13.0. The monoisotopic (exact) mass is 266 g/mol. The van der Waals surface area contributed by atoms with Crippen molar-refractivity contribution < 1.29 is 27.5 Å². The molecule has 0 aliphatic carbocycles. The lowest BCUT2D eigenvalue weighted by molar-refractivity contribution is -0.126. The topological polar surface area (TPSA) is 61.4 Å². The Labute approximate surface area is 99.6 Å². The maximum absolute atomic E-state index is 12.9. The van der Waals surface area contributed by atoms with Gasteiger partial charge in [-0.15, -0.1) is 0 Å². The Bertz CT molecular complexity index is 434. The molecule has 0 fully saturated rings. The maximum atomic E-state index is 12.9. The van der Waals surface area contributed by atoms with Crippen LogP contribution in [0.5, 0.6) is 5.75 Å². The summed E-state index contributed by atoms with van der Waals surface area (Å²) >= 11 is 0. The molecule has 18 heavy (non-hydrogen) atoms. The molecule has 0 atom stereocenters. The molecule has 1 amide bonds. The first kappa shape index (κ1) is 14.2. The highest BCUT2D eigenvalue weighted by molar-refractivity contribution is 5.92. The molecule has 0 aliphatic heterocycles. The summed E-state index contributed by atoms with van der Waals surface area (Å²) < 4.78 is 48.1. The van der Waals surface area contributed by atoms with Crippen LogP contribution in [0.4, 0.5) is 23.2 Å². The Morgan fingerprint density at radius 3 is 2.56 bits per heavy atom. The number of anilines is 1. The van der Waals surface area contributed by atoms with Gasteiger partial charge >= 0.3 is 6.18 Å². The molecule has 4 nitrogen and oxygen atoms in total. The van der Waals surface area contributed by atoms with Crippen LogP contribution in [0.25, 0.3) is 0 Å². The molecule has 0 unspecified atom stereocenters. The molecule has 100 valence electrons. The predicted octanol–water partition coefficient (Wildman–Crippen LogP) is 1.62. The Hall–Kier alpha value is -1.83. The number of amides is 1. The van der Waals surface area contributed by atoms with Crippen molar-refractivity contribution in [3.05, 3.63) is 24.0 Å². The number of alkyl halides is 3. The van der Waals surface area contributed by atoms with Crippen molar-refractivity contribution in [3.8, 4) is 5.75 Å². The van der Waals surface area contributed by atoms with Crippen LogP contribution in [-0.2, 0) is 4.79 Å². The van der Waals surface area contributed by atoms with Crippen LogP contribution in [-0.4, -0.2) is 30.3 Å². The van der Waals surface area contributed by atoms with Gasteiger partial charge in [-0.2, -0.15) is 13.2 Å². The second kappa shape index (κ2) is 5.67. The fourth-order valence-electron chi connectivity index (χ4n) is 1.11. The van der Waals surface area contributed by atoms with Gasteiger partial charge in [0.1, 0.15) is 0 Å². The van der Waals surface area contributed by atoms with Crippen molar-refractivity contribution in [1.29, 1.82) is 0 Å². The zero-order chi connectivity index (χ0) is 13.8. The second-order valence-electron chi connectivity index (χ2n) is 3.43. The highest BCUT2D eigenvalue weighted by Gasteiger charge is 2.26. The van der Waals surface area contributed by atoms with Gasteiger partial charge in [0.2, 0.25) is 5.91 Å². The molecular weight excluding hydrogens is 256 g/mol. The van der Waals surface area contributed by atoms with E-state index in [4.69, 9.17) is 5.11 Å². The van der Waals surface area contributed by atoms with Crippen molar-refractivity contribution in [2.75, 3.05) is 18.4 Å². The van der Waals surface area contributed by atoms with E-state index in [0.29, 0.717) is 0 Å². The fraction of sp³-hybridized carbons (Fsp3) is 0.300. The van der Waals surface area contributed by atoms with Gasteiger partial charge in [-0.1, -0.05) is 0 Å². The Balaban J connectivity index is 2.42. The molecule has 1 aromatic rings. The summed E-state index contributed by atoms with van der Waals surface area (Å²) in [6, 6.07) is 3.10. The highest BCUT2D eigenvalue weighted by atomic mass is 19.4. The van der Waals surface area contributed by atoms with E-state index in [2.05, 4.69) is 5.32 Å². The third-order valence-corrected chi connectivity index (χ3v) is 1.84. The average Bonchev–Trinajstić information content (AvgIpc) is 2.21. The molecule has 0 radical (unpaired) electrons. The number of phenols is 1. The lowest BCUT2D eigenvalue weighted by atomic mass is 10.3. The first-order valence-corrected chi connectivity index (χ1v) is 4.84. The number of halogens is 4. The number of benzene rings is 1. The normalized spacial score (nSPS) is 11.3. The van der Waals surface area contributed by atoms with E-state index in [1.165, 1.54) is 6.07 Å². The standard InChI is InChI=1S/C10H10F4N2O2/c11-7-3-6(1-2-8(7)17)16-9(18)4-15-5-10(12,13)14/h1-3,15,17H,4-5H2,(H,16,18). The van der Waals surface area contributed by atoms with Gasteiger partial charge in [0, 0.05) is 11.8 Å². The van der Waals surface area contributed by atoms with E-state index in [1.807, 2.05) is 5.32 Å². The largest absolute Gasteiger partial charge is 0.505 e. The number of nitrogens with one attached hydrogen (secondary N) is 2. The van der Waals surface area contributed by atoms with Gasteiger partial charge in [-0.25, -0.2) is 4.39 Å². The van der Waals surface area contributed by atoms with Gasteiger partial charge in [0.15, 0.2) is 11.6 Å². The average molecular weight is 266 g/mol. The number of rotatable bonds is 4. The van der Waals surface area contributed by atoms with E-state index >= 15 is 0 Å². The van der Waals surface area contributed by atoms with Crippen molar-refractivity contribution in [1.82, 2.24) is 5.32 Å². The van der Waals surface area contributed by atoms with Crippen molar-refractivity contribution in [2.24, 2.45) is 0 Å². The molecule has 0 aliphatic rings. The minimum atomic E-state index is -4.40. The van der Waals surface area contributed by atoms with Gasteiger partial charge < -0.3 is 15.7 Å². The Morgan fingerprint density at radius 2 is 2.00 bits per heavy atom. The van der Waals surface area contributed by atoms with Crippen molar-refractivity contribution >= 4 is 11.6 Å². The molecule has 3 N–H and O–H groups in total. The number of carbonyl (C=O) groups is 1. The molecule has 0 saturated carbocycles. The van der Waals surface area contributed by atoms with Gasteiger partial charge in [-0.05, 0) is 12.1 Å². The molecule has 0 heterocycles. The minimum Gasteiger partial charge on any atom is -0.505 e. The smallest absolute Gasteiger partial charge is 0.401 e. The molecule has 0 bridgehead atoms. The number of hydrogen-bond acceptors (Lipinski definition) is 3. The molecule has 1 rings (SSSR count). The quantitative estimate of drug-likeness (QED) is 0.573. The molecule has 0 saturated heterocycles. The van der Waals surface area contributed by atoms with Crippen LogP contribution in [0, 0.1) is 5.82 Å². The third kappa shape index (κ3) is 5.00. The van der Waals surface area contributed by atoms with Crippen LogP contribution in [0.3, 0.4) is 0 Å². The van der Waals surface area contributed by atoms with E-state index in [9.17, 15) is 22.4 Å². The summed E-state index contributed by atoms with van der Waals surface area (Å²) in [7, 11) is 0. The van der Waals surface area contributed by atoms with E-state index in [0.717, 1.165) is 12.1 Å². The molecule has 0 spiro atoms. The first-order chi connectivity index (χ1) is 8.28. The summed E-state index contributed by atoms with van der Waals surface area (Å²) in [6.45, 7) is -1.84. The van der Waals surface area contributed by atoms with Crippen LogP contribution in [0.2, 0.25) is 0 Å². The summed E-state index contributed by atoms with van der Waals surface area (Å²) in [6.07, 6.45) is -4.40. The third-order valence-electron chi connectivity index (χ3n) is 1.84. The number of phenolic OH excluding ortho intramolecular Hbond substituents is 1. The van der Waals surface area contributed by atoms with Crippen LogP contribution >= 0.6 is 0 Å². The SMILES string of the molecule is O=C(CNCC(F)(F)F)Nc1ccc(O)c(F)c1. The zero-order valence-electron chi connectivity index (χ0n) is 9.01. The maximum Gasteiger partial charge on any atom is 0.401 e. The van der Waals surface area contributed by atoms with Crippen molar-refractivity contribution in [3.63, 3.8) is 0 Å². The van der Waals surface area contributed by atoms with E-state index in [-0.39, 0.29) is 5.69 Å². The van der Waals surface area contributed by atoms with Crippen LogP contribution < -0.4 is 10.6 Å². The predicted molar refractivity (Wildman–Crippen MR) is 55.6 cm³/mol. The summed E-state index contributed by atoms with van der Waals surface area (Å²) in [5.74, 6) is -2.26. The first-order valence-electron chi connectivity index (χ1n) is 4.84. The Morgan fingerprint density at radius 1 is 1.33 bits per heavy atom. The van der Waals surface area contributed by atoms with E-state index in [1.54, 1.807) is 0 Å². The van der Waals surface area contributed by atoms with Gasteiger partial charge in [0.05, 0.1) is 13.1 Å². The fourth-order valence-corrected chi connectivity index (χ4v) is 1.11. The lowest BCUT2D eigenvalue weighted by Gasteiger charge is -2.09. The van der Waals surface area contributed by atoms with Crippen LogP contribution in [0.1, 0.15) is 0 Å². The number of aromatic hydroxyl groups is 1. The van der Waals surface area contributed by atoms with Gasteiger partial charge in [0.25, 0.3) is 0 Å². The van der Waals surface area contributed by atoms with Crippen LogP contribution in [0.15, 0.2) is 18.2 Å². The molecule has 8 heteroatoms. The van der Waals surface area contributed by atoms with Crippen molar-refractivity contribution in [2.45, 2.75) is 6.18 Å². The second-order valence-corrected chi connectivity index (χ2v) is 3.43.